The highest BCUT2D eigenvalue weighted by Crippen LogP contribution is 2.32. The molecule has 2 N–H and O–H groups in total. The van der Waals surface area contributed by atoms with Crippen LogP contribution in [0.25, 0.3) is 0 Å². The number of aryl methyl sites for hydroxylation is 1. The van der Waals surface area contributed by atoms with Gasteiger partial charge in [-0.05, 0) is 67.8 Å². The summed E-state index contributed by atoms with van der Waals surface area (Å²) < 4.78 is 5.33. The quantitative estimate of drug-likeness (QED) is 0.770. The molecule has 1 aliphatic carbocycles. The first-order valence-corrected chi connectivity index (χ1v) is 8.29. The van der Waals surface area contributed by atoms with Crippen LogP contribution in [0.2, 0.25) is 0 Å². The number of ether oxygens (including phenoxy) is 1. The topological polar surface area (TPSA) is 41.5 Å². The van der Waals surface area contributed by atoms with Gasteiger partial charge in [0.25, 0.3) is 0 Å². The Hall–Kier alpha value is -1.06. The third-order valence-corrected chi connectivity index (χ3v) is 4.55. The van der Waals surface area contributed by atoms with Crippen molar-refractivity contribution in [3.8, 4) is 5.75 Å². The van der Waals surface area contributed by atoms with E-state index in [4.69, 9.17) is 4.74 Å². The zero-order chi connectivity index (χ0) is 15.1. The van der Waals surface area contributed by atoms with Crippen LogP contribution in [-0.2, 0) is 6.42 Å². The minimum Gasteiger partial charge on any atom is -0.497 e. The van der Waals surface area contributed by atoms with Gasteiger partial charge in [-0.15, -0.1) is 0 Å². The second kappa shape index (κ2) is 8.40. The molecule has 0 heterocycles. The number of benzene rings is 1. The fourth-order valence-electron chi connectivity index (χ4n) is 3.38. The second-order valence-electron chi connectivity index (χ2n) is 6.08. The van der Waals surface area contributed by atoms with Crippen LogP contribution in [0.4, 0.5) is 0 Å². The number of aliphatic hydroxyl groups is 1. The number of nitrogens with one attached hydrogen (secondary N) is 1. The largest absolute Gasteiger partial charge is 0.497 e. The summed E-state index contributed by atoms with van der Waals surface area (Å²) in [5.74, 6) is 1.54. The van der Waals surface area contributed by atoms with E-state index < -0.39 is 0 Å². The summed E-state index contributed by atoms with van der Waals surface area (Å²) in [7, 11) is 1.73. The molecule has 21 heavy (non-hydrogen) atoms. The summed E-state index contributed by atoms with van der Waals surface area (Å²) >= 11 is 0. The van der Waals surface area contributed by atoms with Gasteiger partial charge in [-0.2, -0.15) is 0 Å². The first kappa shape index (κ1) is 16.3. The van der Waals surface area contributed by atoms with Crippen molar-refractivity contribution < 1.29 is 9.84 Å². The highest BCUT2D eigenvalue weighted by molar-refractivity contribution is 5.39. The molecular weight excluding hydrogens is 262 g/mol. The van der Waals surface area contributed by atoms with E-state index in [0.29, 0.717) is 18.6 Å². The summed E-state index contributed by atoms with van der Waals surface area (Å²) in [6.07, 6.45) is 6.87. The Balaban J connectivity index is 1.99. The fourth-order valence-corrected chi connectivity index (χ4v) is 3.38. The van der Waals surface area contributed by atoms with E-state index >= 15 is 0 Å². The Morgan fingerprint density at radius 2 is 2.24 bits per heavy atom. The molecule has 0 saturated carbocycles. The Morgan fingerprint density at radius 3 is 2.95 bits per heavy atom. The van der Waals surface area contributed by atoms with Gasteiger partial charge in [0.15, 0.2) is 0 Å². The van der Waals surface area contributed by atoms with Gasteiger partial charge in [-0.3, -0.25) is 0 Å². The van der Waals surface area contributed by atoms with Crippen molar-refractivity contribution in [2.45, 2.75) is 51.5 Å². The molecule has 2 unspecified atom stereocenters. The molecule has 3 nitrogen and oxygen atoms in total. The normalized spacial score (nSPS) is 19.1. The SMILES string of the molecule is CCCC(CCO)CNC1CCCc2cc(OC)ccc21. The van der Waals surface area contributed by atoms with Crippen LogP contribution < -0.4 is 10.1 Å². The van der Waals surface area contributed by atoms with Gasteiger partial charge in [0.1, 0.15) is 5.75 Å². The Morgan fingerprint density at radius 1 is 1.38 bits per heavy atom. The Kier molecular flexibility index (Phi) is 6.52. The molecule has 0 aliphatic heterocycles. The highest BCUT2D eigenvalue weighted by Gasteiger charge is 2.21. The molecule has 2 rings (SSSR count). The van der Waals surface area contributed by atoms with E-state index in [9.17, 15) is 5.11 Å². The van der Waals surface area contributed by atoms with E-state index in [1.165, 1.54) is 36.8 Å². The molecule has 1 aromatic rings. The number of fused-ring (bicyclic) bond motifs is 1. The summed E-state index contributed by atoms with van der Waals surface area (Å²) in [6.45, 7) is 3.52. The van der Waals surface area contributed by atoms with Crippen LogP contribution in [0.15, 0.2) is 18.2 Å². The summed E-state index contributed by atoms with van der Waals surface area (Å²) in [4.78, 5) is 0. The molecule has 0 radical (unpaired) electrons. The second-order valence-corrected chi connectivity index (χ2v) is 6.08. The standard InChI is InChI=1S/C18H29NO2/c1-3-5-14(10-11-20)13-19-18-7-4-6-15-12-16(21-2)8-9-17(15)18/h8-9,12,14,18-20H,3-7,10-11,13H2,1-2H3. The maximum atomic E-state index is 9.17. The lowest BCUT2D eigenvalue weighted by atomic mass is 9.87. The minimum absolute atomic E-state index is 0.296. The zero-order valence-corrected chi connectivity index (χ0v) is 13.4. The third kappa shape index (κ3) is 4.45. The minimum atomic E-state index is 0.296. The Labute approximate surface area is 128 Å². The first-order chi connectivity index (χ1) is 10.3. The average Bonchev–Trinajstić information content (AvgIpc) is 2.52. The molecule has 118 valence electrons. The molecule has 0 spiro atoms. The smallest absolute Gasteiger partial charge is 0.119 e. The zero-order valence-electron chi connectivity index (χ0n) is 13.4. The summed E-state index contributed by atoms with van der Waals surface area (Å²) in [6, 6.07) is 6.92. The predicted octanol–water partition coefficient (Wildman–Crippen LogP) is 3.46. The van der Waals surface area contributed by atoms with Crippen molar-refractivity contribution in [3.05, 3.63) is 29.3 Å². The molecule has 1 aliphatic rings. The van der Waals surface area contributed by atoms with E-state index in [1.807, 2.05) is 0 Å². The molecule has 0 fully saturated rings. The van der Waals surface area contributed by atoms with Crippen molar-refractivity contribution in [2.24, 2.45) is 5.92 Å². The van der Waals surface area contributed by atoms with Crippen LogP contribution in [0.3, 0.4) is 0 Å². The Bertz CT molecular complexity index is 427. The van der Waals surface area contributed by atoms with Crippen LogP contribution >= 0.6 is 0 Å². The summed E-state index contributed by atoms with van der Waals surface area (Å²) in [5.41, 5.74) is 2.86. The van der Waals surface area contributed by atoms with E-state index in [1.54, 1.807) is 7.11 Å². The maximum absolute atomic E-state index is 9.17. The number of hydrogen-bond donors (Lipinski definition) is 2. The van der Waals surface area contributed by atoms with Gasteiger partial charge in [-0.1, -0.05) is 19.4 Å². The van der Waals surface area contributed by atoms with Crippen LogP contribution in [-0.4, -0.2) is 25.4 Å². The van der Waals surface area contributed by atoms with Crippen molar-refractivity contribution in [3.63, 3.8) is 0 Å². The van der Waals surface area contributed by atoms with Gasteiger partial charge in [-0.25, -0.2) is 0 Å². The van der Waals surface area contributed by atoms with Crippen molar-refractivity contribution in [2.75, 3.05) is 20.3 Å². The first-order valence-electron chi connectivity index (χ1n) is 8.29. The molecular formula is C18H29NO2. The lowest BCUT2D eigenvalue weighted by Crippen LogP contribution is -2.30. The predicted molar refractivity (Wildman–Crippen MR) is 86.8 cm³/mol. The highest BCUT2D eigenvalue weighted by atomic mass is 16.5. The monoisotopic (exact) mass is 291 g/mol. The van der Waals surface area contributed by atoms with Gasteiger partial charge in [0.05, 0.1) is 7.11 Å². The van der Waals surface area contributed by atoms with Crippen molar-refractivity contribution >= 4 is 0 Å². The van der Waals surface area contributed by atoms with Gasteiger partial charge >= 0.3 is 0 Å². The fraction of sp³-hybridized carbons (Fsp3) is 0.667. The third-order valence-electron chi connectivity index (χ3n) is 4.55. The summed E-state index contributed by atoms with van der Waals surface area (Å²) in [5, 5.41) is 12.9. The molecule has 0 bridgehead atoms. The molecule has 0 amide bonds. The van der Waals surface area contributed by atoms with Crippen LogP contribution in [0, 0.1) is 5.92 Å². The van der Waals surface area contributed by atoms with Gasteiger partial charge < -0.3 is 15.2 Å². The van der Waals surface area contributed by atoms with Crippen LogP contribution in [0.1, 0.15) is 56.2 Å². The van der Waals surface area contributed by atoms with Crippen molar-refractivity contribution in [1.82, 2.24) is 5.32 Å². The number of aliphatic hydroxyl groups excluding tert-OH is 1. The number of rotatable bonds is 8. The maximum Gasteiger partial charge on any atom is 0.119 e. The van der Waals surface area contributed by atoms with Crippen molar-refractivity contribution in [1.29, 1.82) is 0 Å². The van der Waals surface area contributed by atoms with E-state index in [2.05, 4.69) is 30.4 Å². The molecule has 2 atom stereocenters. The number of methoxy groups -OCH3 is 1. The molecule has 0 saturated heterocycles. The van der Waals surface area contributed by atoms with E-state index in [-0.39, 0.29) is 0 Å². The van der Waals surface area contributed by atoms with Gasteiger partial charge in [0, 0.05) is 12.6 Å². The van der Waals surface area contributed by atoms with Crippen LogP contribution in [0.5, 0.6) is 5.75 Å². The average molecular weight is 291 g/mol. The molecule has 1 aromatic carbocycles. The van der Waals surface area contributed by atoms with Gasteiger partial charge in [0.2, 0.25) is 0 Å². The molecule has 0 aromatic heterocycles. The number of hydrogen-bond acceptors (Lipinski definition) is 3. The lowest BCUT2D eigenvalue weighted by molar-refractivity contribution is 0.243. The lowest BCUT2D eigenvalue weighted by Gasteiger charge is -2.28. The van der Waals surface area contributed by atoms with E-state index in [0.717, 1.165) is 25.1 Å². The molecule has 3 heteroatoms.